The number of nitrogens with zero attached hydrogens (tertiary/aromatic N) is 5. The summed E-state index contributed by atoms with van der Waals surface area (Å²) in [5.41, 5.74) is 7.87. The topological polar surface area (TPSA) is 115 Å². The van der Waals surface area contributed by atoms with Crippen LogP contribution in [0.15, 0.2) is 43.0 Å². The summed E-state index contributed by atoms with van der Waals surface area (Å²) in [7, 11) is 0. The quantitative estimate of drug-likeness (QED) is 0.278. The summed E-state index contributed by atoms with van der Waals surface area (Å²) in [6, 6.07) is 5.55. The molecule has 1 saturated carbocycles. The molecular formula is C25H26F4N8O. The fourth-order valence-electron chi connectivity index (χ4n) is 4.60. The number of rotatable bonds is 9. The van der Waals surface area contributed by atoms with Crippen molar-refractivity contribution in [3.63, 3.8) is 0 Å². The Bertz CT molecular complexity index is 1460. The third-order valence-corrected chi connectivity index (χ3v) is 6.53. The Balaban J connectivity index is 1.43. The van der Waals surface area contributed by atoms with Gasteiger partial charge in [-0.3, -0.25) is 13.9 Å². The Morgan fingerprint density at radius 2 is 2.00 bits per heavy atom. The molecule has 38 heavy (non-hydrogen) atoms. The lowest BCUT2D eigenvalue weighted by Gasteiger charge is -2.33. The number of nitrogens with two attached hydrogens (primary N) is 1. The number of hydrogen-bond donors (Lipinski definition) is 3. The zero-order valence-electron chi connectivity index (χ0n) is 20.4. The number of imidazole rings is 1. The first-order valence-corrected chi connectivity index (χ1v) is 12.2. The Labute approximate surface area is 215 Å². The molecule has 200 valence electrons. The maximum absolute atomic E-state index is 13.7. The number of carbonyl (C=O) groups excluding carboxylic acids is 1. The van der Waals surface area contributed by atoms with Crippen LogP contribution in [0.4, 0.5) is 29.1 Å². The highest BCUT2D eigenvalue weighted by Crippen LogP contribution is 2.32. The minimum atomic E-state index is -2.96. The number of halogens is 4. The summed E-state index contributed by atoms with van der Waals surface area (Å²) >= 11 is 0. The normalized spacial score (nSPS) is 17.3. The Hall–Kier alpha value is -4.00. The van der Waals surface area contributed by atoms with Crippen LogP contribution in [0.5, 0.6) is 0 Å². The summed E-state index contributed by atoms with van der Waals surface area (Å²) < 4.78 is 55.3. The van der Waals surface area contributed by atoms with E-state index in [0.29, 0.717) is 29.1 Å². The molecule has 0 aliphatic heterocycles. The van der Waals surface area contributed by atoms with Crippen molar-refractivity contribution in [3.8, 4) is 11.3 Å². The predicted molar refractivity (Wildman–Crippen MR) is 133 cm³/mol. The Morgan fingerprint density at radius 3 is 2.68 bits per heavy atom. The molecule has 1 aliphatic rings. The average molecular weight is 531 g/mol. The molecule has 0 saturated heterocycles. The van der Waals surface area contributed by atoms with E-state index in [2.05, 4.69) is 25.7 Å². The van der Waals surface area contributed by atoms with Gasteiger partial charge in [-0.1, -0.05) is 6.92 Å². The summed E-state index contributed by atoms with van der Waals surface area (Å²) in [4.78, 5) is 21.4. The van der Waals surface area contributed by atoms with Crippen molar-refractivity contribution in [1.29, 1.82) is 0 Å². The zero-order valence-corrected chi connectivity index (χ0v) is 20.4. The van der Waals surface area contributed by atoms with Crippen LogP contribution in [0.25, 0.3) is 16.9 Å². The molecule has 0 spiro atoms. The molecule has 4 aromatic rings. The average Bonchev–Trinajstić information content (AvgIpc) is 3.47. The second kappa shape index (κ2) is 10.4. The second-order valence-corrected chi connectivity index (χ2v) is 9.21. The van der Waals surface area contributed by atoms with Crippen LogP contribution in [0, 0.1) is 0 Å². The summed E-state index contributed by atoms with van der Waals surface area (Å²) in [5.74, 6) is 0.200. The smallest absolute Gasteiger partial charge is 0.282 e. The van der Waals surface area contributed by atoms with Crippen molar-refractivity contribution in [1.82, 2.24) is 29.5 Å². The second-order valence-electron chi connectivity index (χ2n) is 9.21. The molecule has 5 rings (SSSR count). The van der Waals surface area contributed by atoms with E-state index < -0.39 is 25.1 Å². The van der Waals surface area contributed by atoms with Gasteiger partial charge in [0.2, 0.25) is 0 Å². The van der Waals surface area contributed by atoms with Crippen LogP contribution in [0.1, 0.15) is 47.8 Å². The van der Waals surface area contributed by atoms with Crippen LogP contribution < -0.4 is 16.4 Å². The molecule has 1 fully saturated rings. The minimum Gasteiger partial charge on any atom is -0.349 e. The standard InChI is InChI=1S/C25H26F4N8O/c1-2-13-7-15(3-4-17(13)25(38)34-16-8-14(30)9-16)33-23-24-32-10-19(37(24)6-5-31-23)18-11-36(12-20(26)27)35-21(18)22(28)29/h3-7,10-11,14,16,20,22H,2,8-9,12,30H2,1H3,(H,31,33)(H,34,38). The number of carbonyl (C=O) groups is 1. The molecule has 4 N–H and O–H groups in total. The molecule has 3 heterocycles. The van der Waals surface area contributed by atoms with Gasteiger partial charge in [-0.2, -0.15) is 5.10 Å². The lowest BCUT2D eigenvalue weighted by molar-refractivity contribution is 0.0909. The summed E-state index contributed by atoms with van der Waals surface area (Å²) in [5, 5.41) is 9.84. The highest BCUT2D eigenvalue weighted by atomic mass is 19.3. The van der Waals surface area contributed by atoms with E-state index in [4.69, 9.17) is 5.73 Å². The van der Waals surface area contributed by atoms with Gasteiger partial charge in [0.1, 0.15) is 12.2 Å². The van der Waals surface area contributed by atoms with E-state index in [1.54, 1.807) is 18.3 Å². The highest BCUT2D eigenvalue weighted by molar-refractivity contribution is 5.96. The summed E-state index contributed by atoms with van der Waals surface area (Å²) in [6.07, 6.45) is 2.00. The van der Waals surface area contributed by atoms with E-state index >= 15 is 0 Å². The maximum atomic E-state index is 13.7. The van der Waals surface area contributed by atoms with Crippen LogP contribution >= 0.6 is 0 Å². The number of aromatic nitrogens is 5. The van der Waals surface area contributed by atoms with Gasteiger partial charge in [-0.15, -0.1) is 0 Å². The number of hydrogen-bond acceptors (Lipinski definition) is 6. The Kier molecular flexibility index (Phi) is 7.02. The van der Waals surface area contributed by atoms with Crippen molar-refractivity contribution in [2.24, 2.45) is 5.73 Å². The molecule has 3 aromatic heterocycles. The minimum absolute atomic E-state index is 0.00125. The molecular weight excluding hydrogens is 504 g/mol. The van der Waals surface area contributed by atoms with E-state index in [9.17, 15) is 22.4 Å². The molecule has 9 nitrogen and oxygen atoms in total. The first-order valence-electron chi connectivity index (χ1n) is 12.2. The van der Waals surface area contributed by atoms with Gasteiger partial charge in [0, 0.05) is 47.5 Å². The predicted octanol–water partition coefficient (Wildman–Crippen LogP) is 4.32. The van der Waals surface area contributed by atoms with Crippen molar-refractivity contribution in [2.75, 3.05) is 5.32 Å². The third-order valence-electron chi connectivity index (χ3n) is 6.53. The molecule has 0 radical (unpaired) electrons. The lowest BCUT2D eigenvalue weighted by atomic mass is 9.87. The monoisotopic (exact) mass is 530 g/mol. The van der Waals surface area contributed by atoms with Gasteiger partial charge >= 0.3 is 0 Å². The first kappa shape index (κ1) is 25.6. The van der Waals surface area contributed by atoms with Crippen molar-refractivity contribution in [2.45, 2.75) is 57.7 Å². The molecule has 0 atom stereocenters. The van der Waals surface area contributed by atoms with E-state index in [0.717, 1.165) is 23.1 Å². The number of alkyl halides is 4. The highest BCUT2D eigenvalue weighted by Gasteiger charge is 2.28. The zero-order chi connectivity index (χ0) is 27.0. The number of nitrogens with one attached hydrogen (secondary N) is 2. The van der Waals surface area contributed by atoms with Crippen molar-refractivity contribution < 1.29 is 22.4 Å². The number of aryl methyl sites for hydroxylation is 1. The number of anilines is 2. The van der Waals surface area contributed by atoms with Gasteiger partial charge in [0.05, 0.1) is 11.9 Å². The van der Waals surface area contributed by atoms with Gasteiger partial charge < -0.3 is 16.4 Å². The van der Waals surface area contributed by atoms with Gasteiger partial charge in [-0.05, 0) is 43.0 Å². The van der Waals surface area contributed by atoms with E-state index in [1.807, 2.05) is 13.0 Å². The van der Waals surface area contributed by atoms with Gasteiger partial charge in [0.25, 0.3) is 18.8 Å². The molecule has 1 aliphatic carbocycles. The maximum Gasteiger partial charge on any atom is 0.282 e. The first-order chi connectivity index (χ1) is 18.2. The van der Waals surface area contributed by atoms with Gasteiger partial charge in [0.15, 0.2) is 11.5 Å². The molecule has 1 amide bonds. The van der Waals surface area contributed by atoms with Crippen LogP contribution in [-0.2, 0) is 13.0 Å². The largest absolute Gasteiger partial charge is 0.349 e. The third kappa shape index (κ3) is 5.05. The van der Waals surface area contributed by atoms with E-state index in [-0.39, 0.29) is 29.2 Å². The Morgan fingerprint density at radius 1 is 1.21 bits per heavy atom. The van der Waals surface area contributed by atoms with Crippen molar-refractivity contribution in [3.05, 3.63) is 59.8 Å². The molecule has 13 heteroatoms. The SMILES string of the molecule is CCc1cc(Nc2nccn3c(-c4cn(CC(F)F)nc4C(F)F)cnc23)ccc1C(=O)NC1CC(N)C1. The van der Waals surface area contributed by atoms with Crippen LogP contribution in [-0.4, -0.2) is 48.6 Å². The van der Waals surface area contributed by atoms with Gasteiger partial charge in [-0.25, -0.2) is 27.5 Å². The fourth-order valence-corrected chi connectivity index (χ4v) is 4.60. The molecule has 1 aromatic carbocycles. The van der Waals surface area contributed by atoms with Crippen LogP contribution in [0.3, 0.4) is 0 Å². The lowest BCUT2D eigenvalue weighted by Crippen LogP contribution is -2.50. The molecule has 0 unspecified atom stereocenters. The fraction of sp³-hybridized carbons (Fsp3) is 0.360. The number of benzene rings is 1. The van der Waals surface area contributed by atoms with Crippen LogP contribution in [0.2, 0.25) is 0 Å². The summed E-state index contributed by atoms with van der Waals surface area (Å²) in [6.45, 7) is 1.15. The number of amides is 1. The van der Waals surface area contributed by atoms with E-state index in [1.165, 1.54) is 23.0 Å². The van der Waals surface area contributed by atoms with Crippen molar-refractivity contribution >= 4 is 23.1 Å². The molecule has 0 bridgehead atoms. The number of fused-ring (bicyclic) bond motifs is 1.